The number of aromatic nitrogens is 1. The van der Waals surface area contributed by atoms with Crippen LogP contribution in [0, 0.1) is 6.92 Å². The molecule has 154 valence electrons. The van der Waals surface area contributed by atoms with Crippen LogP contribution in [0.2, 0.25) is 0 Å². The van der Waals surface area contributed by atoms with Crippen molar-refractivity contribution in [1.29, 1.82) is 0 Å². The zero-order valence-electron chi connectivity index (χ0n) is 16.9. The van der Waals surface area contributed by atoms with E-state index in [0.29, 0.717) is 19.0 Å². The zero-order valence-corrected chi connectivity index (χ0v) is 19.3. The van der Waals surface area contributed by atoms with Crippen LogP contribution in [0.25, 0.3) is 11.5 Å². The van der Waals surface area contributed by atoms with Crippen LogP contribution in [0.15, 0.2) is 64.2 Å². The minimum atomic E-state index is 0. The number of guanidine groups is 1. The van der Waals surface area contributed by atoms with Crippen molar-refractivity contribution in [2.24, 2.45) is 4.99 Å². The van der Waals surface area contributed by atoms with Crippen molar-refractivity contribution in [3.05, 3.63) is 71.6 Å². The van der Waals surface area contributed by atoms with Crippen molar-refractivity contribution in [2.75, 3.05) is 13.7 Å². The normalized spacial score (nSPS) is 10.9. The highest BCUT2D eigenvalue weighted by Gasteiger charge is 2.07. The fraction of sp³-hybridized carbons (Fsp3) is 0.273. The van der Waals surface area contributed by atoms with E-state index in [9.17, 15) is 0 Å². The van der Waals surface area contributed by atoms with Gasteiger partial charge < -0.3 is 19.8 Å². The summed E-state index contributed by atoms with van der Waals surface area (Å²) in [5.41, 5.74) is 4.12. The Morgan fingerprint density at radius 1 is 1.07 bits per heavy atom. The molecule has 2 N–H and O–H groups in total. The molecule has 0 aliphatic carbocycles. The molecule has 0 saturated carbocycles. The first-order valence-corrected chi connectivity index (χ1v) is 9.34. The van der Waals surface area contributed by atoms with Crippen LogP contribution in [-0.2, 0) is 13.1 Å². The molecule has 0 atom stereocenters. The second-order valence-corrected chi connectivity index (χ2v) is 6.41. The molecule has 0 unspecified atom stereocenters. The summed E-state index contributed by atoms with van der Waals surface area (Å²) in [6.07, 6.45) is 1.68. The standard InChI is InChI=1S/C22H26N4O2.HI/c1-4-23-22(24-13-17-7-11-20(27-3)12-8-17)25-14-19-15-28-21(26-19)18-9-5-16(2)6-10-18;/h5-12,15H,4,13-14H2,1-3H3,(H2,23,24,25);1H. The van der Waals surface area contributed by atoms with Gasteiger partial charge in [-0.3, -0.25) is 0 Å². The molecular formula is C22H27IN4O2. The van der Waals surface area contributed by atoms with E-state index in [4.69, 9.17) is 9.15 Å². The van der Waals surface area contributed by atoms with E-state index < -0.39 is 0 Å². The maximum atomic E-state index is 5.61. The molecule has 0 saturated heterocycles. The first-order valence-electron chi connectivity index (χ1n) is 9.34. The molecule has 0 fully saturated rings. The lowest BCUT2D eigenvalue weighted by Gasteiger charge is -2.10. The minimum Gasteiger partial charge on any atom is -0.497 e. The maximum absolute atomic E-state index is 5.61. The minimum absolute atomic E-state index is 0. The van der Waals surface area contributed by atoms with E-state index in [0.717, 1.165) is 35.1 Å². The molecule has 3 aromatic rings. The Morgan fingerprint density at radius 2 is 1.79 bits per heavy atom. The van der Waals surface area contributed by atoms with Gasteiger partial charge >= 0.3 is 0 Å². The molecule has 0 aliphatic rings. The van der Waals surface area contributed by atoms with Gasteiger partial charge in [0, 0.05) is 12.1 Å². The number of benzene rings is 2. The molecule has 7 heteroatoms. The molecular weight excluding hydrogens is 479 g/mol. The van der Waals surface area contributed by atoms with E-state index in [-0.39, 0.29) is 24.0 Å². The zero-order chi connectivity index (χ0) is 19.8. The van der Waals surface area contributed by atoms with Crippen molar-refractivity contribution in [1.82, 2.24) is 15.6 Å². The summed E-state index contributed by atoms with van der Waals surface area (Å²) in [5, 5.41) is 6.54. The number of nitrogens with zero attached hydrogens (tertiary/aromatic N) is 2. The van der Waals surface area contributed by atoms with Crippen LogP contribution < -0.4 is 15.4 Å². The predicted octanol–water partition coefficient (Wildman–Crippen LogP) is 4.53. The number of aliphatic imine (C=N–C) groups is 1. The second kappa shape index (κ2) is 11.5. The first-order chi connectivity index (χ1) is 13.7. The summed E-state index contributed by atoms with van der Waals surface area (Å²) in [4.78, 5) is 9.18. The fourth-order valence-corrected chi connectivity index (χ4v) is 2.63. The van der Waals surface area contributed by atoms with Gasteiger partial charge in [-0.05, 0) is 43.7 Å². The van der Waals surface area contributed by atoms with Gasteiger partial charge in [-0.1, -0.05) is 29.8 Å². The third-order valence-corrected chi connectivity index (χ3v) is 4.21. The molecule has 29 heavy (non-hydrogen) atoms. The summed E-state index contributed by atoms with van der Waals surface area (Å²) >= 11 is 0. The van der Waals surface area contributed by atoms with Gasteiger partial charge in [0.05, 0.1) is 25.9 Å². The number of hydrogen-bond acceptors (Lipinski definition) is 4. The van der Waals surface area contributed by atoms with Gasteiger partial charge in [0.2, 0.25) is 5.89 Å². The lowest BCUT2D eigenvalue weighted by atomic mass is 10.1. The third kappa shape index (κ3) is 6.77. The van der Waals surface area contributed by atoms with Gasteiger partial charge in [0.1, 0.15) is 12.0 Å². The quantitative estimate of drug-likeness (QED) is 0.280. The maximum Gasteiger partial charge on any atom is 0.226 e. The topological polar surface area (TPSA) is 71.7 Å². The summed E-state index contributed by atoms with van der Waals surface area (Å²) in [5.74, 6) is 2.20. The number of oxazole rings is 1. The Morgan fingerprint density at radius 3 is 2.45 bits per heavy atom. The molecule has 0 radical (unpaired) electrons. The largest absolute Gasteiger partial charge is 0.497 e. The molecule has 0 aliphatic heterocycles. The molecule has 0 amide bonds. The number of aryl methyl sites for hydroxylation is 1. The Kier molecular flexibility index (Phi) is 8.98. The highest BCUT2D eigenvalue weighted by molar-refractivity contribution is 14.0. The van der Waals surface area contributed by atoms with E-state index >= 15 is 0 Å². The smallest absolute Gasteiger partial charge is 0.226 e. The van der Waals surface area contributed by atoms with Crippen molar-refractivity contribution in [2.45, 2.75) is 26.9 Å². The van der Waals surface area contributed by atoms with Gasteiger partial charge in [-0.25, -0.2) is 9.98 Å². The number of methoxy groups -OCH3 is 1. The summed E-state index contributed by atoms with van der Waals surface area (Å²) < 4.78 is 10.8. The number of hydrogen-bond donors (Lipinski definition) is 2. The van der Waals surface area contributed by atoms with Crippen LogP contribution in [0.4, 0.5) is 0 Å². The monoisotopic (exact) mass is 506 g/mol. The summed E-state index contributed by atoms with van der Waals surface area (Å²) in [6, 6.07) is 16.0. The SMILES string of the molecule is CCNC(=NCc1ccc(OC)cc1)NCc1coc(-c2ccc(C)cc2)n1.I. The molecule has 0 bridgehead atoms. The first kappa shape index (κ1) is 22.7. The van der Waals surface area contributed by atoms with Crippen LogP contribution in [0.3, 0.4) is 0 Å². The molecule has 6 nitrogen and oxygen atoms in total. The van der Waals surface area contributed by atoms with Crippen LogP contribution >= 0.6 is 24.0 Å². The Labute approximate surface area is 188 Å². The van der Waals surface area contributed by atoms with Crippen LogP contribution in [0.1, 0.15) is 23.7 Å². The van der Waals surface area contributed by atoms with Crippen molar-refractivity contribution < 1.29 is 9.15 Å². The van der Waals surface area contributed by atoms with E-state index in [1.54, 1.807) is 13.4 Å². The lowest BCUT2D eigenvalue weighted by Crippen LogP contribution is -2.36. The van der Waals surface area contributed by atoms with Gasteiger partial charge in [-0.2, -0.15) is 0 Å². The molecule has 2 aromatic carbocycles. The molecule has 1 heterocycles. The number of halogens is 1. The number of nitrogens with one attached hydrogen (secondary N) is 2. The molecule has 3 rings (SSSR count). The van der Waals surface area contributed by atoms with Crippen LogP contribution in [-0.4, -0.2) is 24.6 Å². The Bertz CT molecular complexity index is 905. The Balaban J connectivity index is 0.00000300. The number of ether oxygens (including phenoxy) is 1. The highest BCUT2D eigenvalue weighted by atomic mass is 127. The van der Waals surface area contributed by atoms with Gasteiger partial charge in [0.25, 0.3) is 0 Å². The predicted molar refractivity (Wildman–Crippen MR) is 127 cm³/mol. The molecule has 0 spiro atoms. The average Bonchev–Trinajstić information content (AvgIpc) is 3.20. The molecule has 1 aromatic heterocycles. The lowest BCUT2D eigenvalue weighted by molar-refractivity contribution is 0.414. The van der Waals surface area contributed by atoms with Gasteiger partial charge in [0.15, 0.2) is 5.96 Å². The fourth-order valence-electron chi connectivity index (χ4n) is 2.63. The van der Waals surface area contributed by atoms with E-state index in [1.165, 1.54) is 5.56 Å². The second-order valence-electron chi connectivity index (χ2n) is 6.41. The average molecular weight is 506 g/mol. The highest BCUT2D eigenvalue weighted by Crippen LogP contribution is 2.19. The van der Waals surface area contributed by atoms with Crippen molar-refractivity contribution in [3.8, 4) is 17.2 Å². The van der Waals surface area contributed by atoms with Crippen molar-refractivity contribution >= 4 is 29.9 Å². The number of rotatable bonds is 7. The Hall–Kier alpha value is -2.55. The summed E-state index contributed by atoms with van der Waals surface area (Å²) in [7, 11) is 1.66. The van der Waals surface area contributed by atoms with Crippen molar-refractivity contribution in [3.63, 3.8) is 0 Å². The van der Waals surface area contributed by atoms with E-state index in [1.807, 2.05) is 55.5 Å². The third-order valence-electron chi connectivity index (χ3n) is 4.21. The van der Waals surface area contributed by atoms with E-state index in [2.05, 4.69) is 27.5 Å². The van der Waals surface area contributed by atoms with Gasteiger partial charge in [-0.15, -0.1) is 24.0 Å². The summed E-state index contributed by atoms with van der Waals surface area (Å²) in [6.45, 7) is 5.98. The van der Waals surface area contributed by atoms with Crippen LogP contribution in [0.5, 0.6) is 5.75 Å².